The number of piperazine rings is 1. The van der Waals surface area contributed by atoms with E-state index < -0.39 is 0 Å². The van der Waals surface area contributed by atoms with E-state index in [1.807, 2.05) is 66.4 Å². The van der Waals surface area contributed by atoms with Gasteiger partial charge in [-0.2, -0.15) is 0 Å². The Bertz CT molecular complexity index is 823. The van der Waals surface area contributed by atoms with Crippen molar-refractivity contribution in [1.82, 2.24) is 10.2 Å². The fourth-order valence-corrected chi connectivity index (χ4v) is 3.70. The lowest BCUT2D eigenvalue weighted by Gasteiger charge is -2.36. The largest absolute Gasteiger partial charge is 0.368 e. The predicted molar refractivity (Wildman–Crippen MR) is 110 cm³/mol. The first-order valence-corrected chi connectivity index (χ1v) is 10.1. The zero-order chi connectivity index (χ0) is 19.5. The number of carbonyl (C=O) groups is 2. The maximum absolute atomic E-state index is 12.5. The van der Waals surface area contributed by atoms with E-state index >= 15 is 0 Å². The number of amides is 2. The molecule has 1 N–H and O–H groups in total. The summed E-state index contributed by atoms with van der Waals surface area (Å²) in [5, 5.41) is 3.05. The SMILES string of the molecule is CC(NC(=O)c1ccc(N2CCN(C(=O)C3CC3)CC2)cc1)c1ccccc1. The molecule has 4 rings (SSSR count). The summed E-state index contributed by atoms with van der Waals surface area (Å²) >= 11 is 0. The van der Waals surface area contributed by atoms with Gasteiger partial charge >= 0.3 is 0 Å². The van der Waals surface area contributed by atoms with Crippen molar-refractivity contribution >= 4 is 17.5 Å². The van der Waals surface area contributed by atoms with Crippen LogP contribution >= 0.6 is 0 Å². The molecular weight excluding hydrogens is 350 g/mol. The van der Waals surface area contributed by atoms with Crippen molar-refractivity contribution in [1.29, 1.82) is 0 Å². The number of anilines is 1. The molecule has 28 heavy (non-hydrogen) atoms. The summed E-state index contributed by atoms with van der Waals surface area (Å²) in [5.74, 6) is 0.560. The lowest BCUT2D eigenvalue weighted by molar-refractivity contribution is -0.132. The summed E-state index contributed by atoms with van der Waals surface area (Å²) < 4.78 is 0. The van der Waals surface area contributed by atoms with E-state index in [-0.39, 0.29) is 11.9 Å². The van der Waals surface area contributed by atoms with Gasteiger partial charge in [0.25, 0.3) is 5.91 Å². The lowest BCUT2D eigenvalue weighted by Crippen LogP contribution is -2.49. The van der Waals surface area contributed by atoms with Crippen molar-refractivity contribution in [3.63, 3.8) is 0 Å². The summed E-state index contributed by atoms with van der Waals surface area (Å²) in [6.07, 6.45) is 2.12. The molecule has 1 saturated carbocycles. The van der Waals surface area contributed by atoms with Gasteiger partial charge in [-0.1, -0.05) is 30.3 Å². The predicted octanol–water partition coefficient (Wildman–Crippen LogP) is 3.24. The quantitative estimate of drug-likeness (QED) is 0.870. The molecule has 2 aliphatic rings. The zero-order valence-corrected chi connectivity index (χ0v) is 16.3. The Hall–Kier alpha value is -2.82. The van der Waals surface area contributed by atoms with Crippen LogP contribution in [0.3, 0.4) is 0 Å². The Balaban J connectivity index is 1.32. The first-order chi connectivity index (χ1) is 13.6. The van der Waals surface area contributed by atoms with Crippen LogP contribution in [0.15, 0.2) is 54.6 Å². The molecule has 5 heteroatoms. The Kier molecular flexibility index (Phi) is 5.33. The topological polar surface area (TPSA) is 52.7 Å². The van der Waals surface area contributed by atoms with Crippen molar-refractivity contribution in [3.8, 4) is 0 Å². The van der Waals surface area contributed by atoms with E-state index in [0.717, 1.165) is 50.3 Å². The number of hydrogen-bond acceptors (Lipinski definition) is 3. The Labute approximate surface area is 166 Å². The number of rotatable bonds is 5. The maximum atomic E-state index is 12.5. The van der Waals surface area contributed by atoms with Gasteiger partial charge in [0.05, 0.1) is 6.04 Å². The molecular formula is C23H27N3O2. The van der Waals surface area contributed by atoms with E-state index in [0.29, 0.717) is 17.4 Å². The van der Waals surface area contributed by atoms with Crippen molar-refractivity contribution in [3.05, 3.63) is 65.7 Å². The maximum Gasteiger partial charge on any atom is 0.251 e. The molecule has 2 aromatic rings. The molecule has 1 aliphatic heterocycles. The molecule has 1 unspecified atom stereocenters. The van der Waals surface area contributed by atoms with Crippen LogP contribution in [0.1, 0.15) is 41.7 Å². The van der Waals surface area contributed by atoms with Gasteiger partial charge in [0.15, 0.2) is 0 Å². The second-order valence-corrected chi connectivity index (χ2v) is 7.74. The van der Waals surface area contributed by atoms with Crippen molar-refractivity contribution in [2.75, 3.05) is 31.1 Å². The Morgan fingerprint density at radius 2 is 1.57 bits per heavy atom. The van der Waals surface area contributed by atoms with E-state index in [1.54, 1.807) is 0 Å². The second kappa shape index (κ2) is 8.05. The van der Waals surface area contributed by atoms with E-state index in [9.17, 15) is 9.59 Å². The molecule has 0 radical (unpaired) electrons. The minimum atomic E-state index is -0.0669. The van der Waals surface area contributed by atoms with Gasteiger partial charge in [0, 0.05) is 43.3 Å². The Morgan fingerprint density at radius 3 is 2.18 bits per heavy atom. The van der Waals surface area contributed by atoms with E-state index in [2.05, 4.69) is 10.2 Å². The van der Waals surface area contributed by atoms with Crippen molar-refractivity contribution < 1.29 is 9.59 Å². The standard InChI is InChI=1S/C23H27N3O2/c1-17(18-5-3-2-4-6-18)24-22(27)19-9-11-21(12-10-19)25-13-15-26(16-14-25)23(28)20-7-8-20/h2-6,9-12,17,20H,7-8,13-16H2,1H3,(H,24,27). The van der Waals surface area contributed by atoms with Crippen LogP contribution in [0, 0.1) is 5.92 Å². The van der Waals surface area contributed by atoms with Crippen LogP contribution in [0.4, 0.5) is 5.69 Å². The third-order valence-corrected chi connectivity index (χ3v) is 5.66. The number of carbonyl (C=O) groups excluding carboxylic acids is 2. The number of benzene rings is 2. The highest BCUT2D eigenvalue weighted by Gasteiger charge is 2.34. The van der Waals surface area contributed by atoms with Crippen LogP contribution in [0.5, 0.6) is 0 Å². The van der Waals surface area contributed by atoms with Gasteiger partial charge in [-0.25, -0.2) is 0 Å². The average molecular weight is 377 g/mol. The highest BCUT2D eigenvalue weighted by molar-refractivity contribution is 5.94. The van der Waals surface area contributed by atoms with Gasteiger partial charge in [-0.05, 0) is 49.6 Å². The molecule has 2 aromatic carbocycles. The van der Waals surface area contributed by atoms with Gasteiger partial charge < -0.3 is 15.1 Å². The first kappa shape index (κ1) is 18.5. The minimum absolute atomic E-state index is 0.0366. The molecule has 1 aliphatic carbocycles. The summed E-state index contributed by atoms with van der Waals surface area (Å²) in [6, 6.07) is 17.7. The summed E-state index contributed by atoms with van der Waals surface area (Å²) in [5.41, 5.74) is 2.85. The first-order valence-electron chi connectivity index (χ1n) is 10.1. The van der Waals surface area contributed by atoms with Crippen LogP contribution in [0.2, 0.25) is 0 Å². The monoisotopic (exact) mass is 377 g/mol. The average Bonchev–Trinajstić information content (AvgIpc) is 3.59. The van der Waals surface area contributed by atoms with Gasteiger partial charge in [0.1, 0.15) is 0 Å². The molecule has 2 amide bonds. The van der Waals surface area contributed by atoms with Crippen LogP contribution in [0.25, 0.3) is 0 Å². The molecule has 1 heterocycles. The third kappa shape index (κ3) is 4.19. The van der Waals surface area contributed by atoms with Gasteiger partial charge in [-0.3, -0.25) is 9.59 Å². The molecule has 1 saturated heterocycles. The van der Waals surface area contributed by atoms with E-state index in [4.69, 9.17) is 0 Å². The normalized spacial score (nSPS) is 17.9. The highest BCUT2D eigenvalue weighted by Crippen LogP contribution is 2.31. The van der Waals surface area contributed by atoms with Gasteiger partial charge in [-0.15, -0.1) is 0 Å². The van der Waals surface area contributed by atoms with Crippen LogP contribution < -0.4 is 10.2 Å². The minimum Gasteiger partial charge on any atom is -0.368 e. The fourth-order valence-electron chi connectivity index (χ4n) is 3.70. The number of nitrogens with zero attached hydrogens (tertiary/aromatic N) is 2. The Morgan fingerprint density at radius 1 is 0.929 bits per heavy atom. The molecule has 0 bridgehead atoms. The molecule has 0 aromatic heterocycles. The van der Waals surface area contributed by atoms with Crippen molar-refractivity contribution in [2.45, 2.75) is 25.8 Å². The molecule has 146 valence electrons. The summed E-state index contributed by atoms with van der Waals surface area (Å²) in [6.45, 7) is 5.24. The molecule has 0 spiro atoms. The van der Waals surface area contributed by atoms with Crippen LogP contribution in [-0.4, -0.2) is 42.9 Å². The lowest BCUT2D eigenvalue weighted by atomic mass is 10.1. The van der Waals surface area contributed by atoms with Crippen molar-refractivity contribution in [2.24, 2.45) is 5.92 Å². The molecule has 5 nitrogen and oxygen atoms in total. The fraction of sp³-hybridized carbons (Fsp3) is 0.391. The molecule has 1 atom stereocenters. The third-order valence-electron chi connectivity index (χ3n) is 5.66. The number of hydrogen-bond donors (Lipinski definition) is 1. The summed E-state index contributed by atoms with van der Waals surface area (Å²) in [4.78, 5) is 29.0. The summed E-state index contributed by atoms with van der Waals surface area (Å²) in [7, 11) is 0. The van der Waals surface area contributed by atoms with Crippen LogP contribution in [-0.2, 0) is 4.79 Å². The number of nitrogens with one attached hydrogen (secondary N) is 1. The second-order valence-electron chi connectivity index (χ2n) is 7.74. The smallest absolute Gasteiger partial charge is 0.251 e. The highest BCUT2D eigenvalue weighted by atomic mass is 16.2. The van der Waals surface area contributed by atoms with E-state index in [1.165, 1.54) is 0 Å². The van der Waals surface area contributed by atoms with Gasteiger partial charge in [0.2, 0.25) is 5.91 Å². The molecule has 2 fully saturated rings. The zero-order valence-electron chi connectivity index (χ0n) is 16.3.